The third-order valence-corrected chi connectivity index (χ3v) is 6.97. The van der Waals surface area contributed by atoms with Gasteiger partial charge < -0.3 is 20.1 Å². The van der Waals surface area contributed by atoms with Gasteiger partial charge in [0.05, 0.1) is 31.0 Å². The maximum Gasteiger partial charge on any atom is 0.0811 e. The van der Waals surface area contributed by atoms with Crippen molar-refractivity contribution in [2.24, 2.45) is 11.3 Å². The van der Waals surface area contributed by atoms with Gasteiger partial charge in [0.25, 0.3) is 0 Å². The lowest BCUT2D eigenvalue weighted by molar-refractivity contribution is 0.0862. The average molecular weight is 415 g/mol. The fraction of sp³-hybridized carbons (Fsp3) is 0.615. The Labute approximate surface area is 181 Å². The molecule has 2 saturated carbocycles. The minimum absolute atomic E-state index is 0.130. The molecule has 3 N–H and O–H groups in total. The van der Waals surface area contributed by atoms with Gasteiger partial charge in [-0.2, -0.15) is 0 Å². The standard InChI is InChI=1S/C26H38O4/c1-18-20(15-22(27)16-24(18)28)9-8-19-7-5-13-26(4)21(10-11-23(19)26)17-30-14-6-12-25(2,3)29/h6,8-10,12,22-24,27-29H,1,5,7,11,13-17H2,2-4H3/t22-,23+,24+,26-/m1/s1. The second kappa shape index (κ2) is 9.35. The fourth-order valence-electron chi connectivity index (χ4n) is 5.17. The molecule has 3 aliphatic carbocycles. The Bertz CT molecular complexity index is 764. The van der Waals surface area contributed by atoms with Gasteiger partial charge >= 0.3 is 0 Å². The molecule has 0 heterocycles. The molecule has 4 nitrogen and oxygen atoms in total. The predicted molar refractivity (Wildman–Crippen MR) is 121 cm³/mol. The molecule has 2 fully saturated rings. The first-order chi connectivity index (χ1) is 14.1. The highest BCUT2D eigenvalue weighted by Crippen LogP contribution is 2.54. The highest BCUT2D eigenvalue weighted by atomic mass is 16.5. The van der Waals surface area contributed by atoms with Crippen LogP contribution in [0.25, 0.3) is 0 Å². The first-order valence-corrected chi connectivity index (χ1v) is 11.2. The van der Waals surface area contributed by atoms with E-state index in [0.717, 1.165) is 30.4 Å². The van der Waals surface area contributed by atoms with Crippen LogP contribution in [0.15, 0.2) is 59.3 Å². The second-order valence-corrected chi connectivity index (χ2v) is 9.93. The van der Waals surface area contributed by atoms with Gasteiger partial charge in [0.2, 0.25) is 0 Å². The Morgan fingerprint density at radius 1 is 1.30 bits per heavy atom. The zero-order valence-corrected chi connectivity index (χ0v) is 18.7. The van der Waals surface area contributed by atoms with E-state index in [0.29, 0.717) is 32.0 Å². The maximum atomic E-state index is 10.1. The van der Waals surface area contributed by atoms with E-state index in [9.17, 15) is 15.3 Å². The van der Waals surface area contributed by atoms with E-state index in [-0.39, 0.29) is 5.41 Å². The lowest BCUT2D eigenvalue weighted by atomic mass is 9.64. The van der Waals surface area contributed by atoms with Gasteiger partial charge in [-0.1, -0.05) is 49.5 Å². The van der Waals surface area contributed by atoms with Crippen molar-refractivity contribution in [2.45, 2.75) is 77.1 Å². The summed E-state index contributed by atoms with van der Waals surface area (Å²) >= 11 is 0. The monoisotopic (exact) mass is 414 g/mol. The first-order valence-electron chi connectivity index (χ1n) is 11.2. The van der Waals surface area contributed by atoms with Gasteiger partial charge in [-0.05, 0) is 74.0 Å². The van der Waals surface area contributed by atoms with Crippen LogP contribution in [-0.4, -0.2) is 46.3 Å². The minimum atomic E-state index is -0.805. The van der Waals surface area contributed by atoms with E-state index in [2.05, 4.69) is 31.7 Å². The Hall–Kier alpha value is -1.46. The van der Waals surface area contributed by atoms with Crippen LogP contribution in [0.3, 0.4) is 0 Å². The summed E-state index contributed by atoms with van der Waals surface area (Å²) in [5.74, 6) is 0.486. The van der Waals surface area contributed by atoms with E-state index < -0.39 is 17.8 Å². The van der Waals surface area contributed by atoms with Crippen LogP contribution in [-0.2, 0) is 4.74 Å². The number of rotatable bonds is 6. The lowest BCUT2D eigenvalue weighted by Crippen LogP contribution is -2.32. The Balaban J connectivity index is 1.65. The Morgan fingerprint density at radius 2 is 2.07 bits per heavy atom. The summed E-state index contributed by atoms with van der Waals surface area (Å²) in [7, 11) is 0. The third-order valence-electron chi connectivity index (χ3n) is 6.97. The molecule has 0 amide bonds. The summed E-state index contributed by atoms with van der Waals surface area (Å²) in [6.45, 7) is 11.0. The molecule has 3 rings (SSSR count). The predicted octanol–water partition coefficient (Wildman–Crippen LogP) is 4.39. The number of hydrogen-bond acceptors (Lipinski definition) is 4. The average Bonchev–Trinajstić information content (AvgIpc) is 2.99. The van der Waals surface area contributed by atoms with Crippen LogP contribution < -0.4 is 0 Å². The van der Waals surface area contributed by atoms with Gasteiger partial charge in [-0.3, -0.25) is 0 Å². The maximum absolute atomic E-state index is 10.1. The number of fused-ring (bicyclic) bond motifs is 1. The number of hydrogen-bond donors (Lipinski definition) is 3. The first kappa shape index (κ1) is 23.2. The van der Waals surface area contributed by atoms with Gasteiger partial charge in [0, 0.05) is 6.42 Å². The topological polar surface area (TPSA) is 69.9 Å². The molecule has 4 heteroatoms. The second-order valence-electron chi connectivity index (χ2n) is 9.93. The molecule has 0 aromatic carbocycles. The van der Waals surface area contributed by atoms with Gasteiger partial charge in [0.1, 0.15) is 0 Å². The molecule has 3 aliphatic rings. The molecule has 30 heavy (non-hydrogen) atoms. The van der Waals surface area contributed by atoms with Crippen LogP contribution in [0, 0.1) is 11.3 Å². The molecular weight excluding hydrogens is 376 g/mol. The van der Waals surface area contributed by atoms with E-state index in [1.54, 1.807) is 19.9 Å². The van der Waals surface area contributed by atoms with E-state index in [4.69, 9.17) is 4.74 Å². The summed E-state index contributed by atoms with van der Waals surface area (Å²) in [4.78, 5) is 0. The van der Waals surface area contributed by atoms with Crippen molar-refractivity contribution in [2.75, 3.05) is 13.2 Å². The lowest BCUT2D eigenvalue weighted by Gasteiger charge is -2.41. The zero-order chi connectivity index (χ0) is 21.9. The molecule has 0 radical (unpaired) electrons. The van der Waals surface area contributed by atoms with E-state index in [1.807, 2.05) is 6.08 Å². The third kappa shape index (κ3) is 5.42. The summed E-state index contributed by atoms with van der Waals surface area (Å²) in [5.41, 5.74) is 3.87. The normalized spacial score (nSPS) is 35.3. The molecule has 0 bridgehead atoms. The summed E-state index contributed by atoms with van der Waals surface area (Å²) < 4.78 is 5.89. The molecule has 0 aliphatic heterocycles. The zero-order valence-electron chi connectivity index (χ0n) is 18.7. The molecule has 0 saturated heterocycles. The van der Waals surface area contributed by atoms with Crippen LogP contribution in [0.2, 0.25) is 0 Å². The van der Waals surface area contributed by atoms with Crippen molar-refractivity contribution in [3.05, 3.63) is 59.3 Å². The molecule has 0 aromatic heterocycles. The summed E-state index contributed by atoms with van der Waals surface area (Å²) in [6, 6.07) is 0. The molecular formula is C26H38O4. The molecule has 0 aromatic rings. The summed E-state index contributed by atoms with van der Waals surface area (Å²) in [6.07, 6.45) is 14.6. The van der Waals surface area contributed by atoms with Crippen molar-refractivity contribution in [1.29, 1.82) is 0 Å². The van der Waals surface area contributed by atoms with Gasteiger partial charge in [-0.15, -0.1) is 0 Å². The van der Waals surface area contributed by atoms with Gasteiger partial charge in [-0.25, -0.2) is 0 Å². The van der Waals surface area contributed by atoms with Crippen LogP contribution in [0.1, 0.15) is 59.3 Å². The molecule has 4 atom stereocenters. The van der Waals surface area contributed by atoms with Crippen molar-refractivity contribution in [3.8, 4) is 0 Å². The smallest absolute Gasteiger partial charge is 0.0811 e. The van der Waals surface area contributed by atoms with Crippen molar-refractivity contribution >= 4 is 0 Å². The van der Waals surface area contributed by atoms with Crippen molar-refractivity contribution < 1.29 is 20.1 Å². The number of aliphatic hydroxyl groups excluding tert-OH is 2. The minimum Gasteiger partial charge on any atom is -0.393 e. The Morgan fingerprint density at radius 3 is 2.80 bits per heavy atom. The van der Waals surface area contributed by atoms with Crippen molar-refractivity contribution in [1.82, 2.24) is 0 Å². The molecule has 0 spiro atoms. The summed E-state index contributed by atoms with van der Waals surface area (Å²) in [5, 5.41) is 29.8. The fourth-order valence-corrected chi connectivity index (χ4v) is 5.17. The van der Waals surface area contributed by atoms with E-state index >= 15 is 0 Å². The van der Waals surface area contributed by atoms with E-state index in [1.165, 1.54) is 17.6 Å². The number of ether oxygens (including phenoxy) is 1. The van der Waals surface area contributed by atoms with Gasteiger partial charge in [0.15, 0.2) is 0 Å². The molecule has 0 unspecified atom stereocenters. The molecule has 166 valence electrons. The highest BCUT2D eigenvalue weighted by molar-refractivity contribution is 5.40. The quantitative estimate of drug-likeness (QED) is 0.445. The van der Waals surface area contributed by atoms with Crippen molar-refractivity contribution in [3.63, 3.8) is 0 Å². The number of aliphatic hydroxyl groups is 3. The van der Waals surface area contributed by atoms with Crippen LogP contribution in [0.4, 0.5) is 0 Å². The van der Waals surface area contributed by atoms with Crippen LogP contribution >= 0.6 is 0 Å². The van der Waals surface area contributed by atoms with Crippen LogP contribution in [0.5, 0.6) is 0 Å². The largest absolute Gasteiger partial charge is 0.393 e. The highest BCUT2D eigenvalue weighted by Gasteiger charge is 2.44. The number of allylic oxidation sites excluding steroid dienone is 4. The Kier molecular flexibility index (Phi) is 7.24. The SMILES string of the molecule is C=C1C(=CC=C2CCC[C@]3(C)C(COCC=CC(C)(C)O)=CC[C@@H]23)C[C@@H](O)C[C@@H]1O.